The van der Waals surface area contributed by atoms with E-state index in [0.717, 1.165) is 18.2 Å². The highest BCUT2D eigenvalue weighted by atomic mass is 32.2. The summed E-state index contributed by atoms with van der Waals surface area (Å²) in [6.45, 7) is 0.756. The van der Waals surface area contributed by atoms with Crippen LogP contribution in [0.15, 0.2) is 0 Å². The standard InChI is InChI=1S/C4H12N2S2/c1-7-4-6-8-3-2-5/h6H,2-5H2,1H3. The maximum atomic E-state index is 5.24. The molecular weight excluding hydrogens is 140 g/mol. The molecular formula is C4H12N2S2. The highest BCUT2D eigenvalue weighted by molar-refractivity contribution is 8.01. The quantitative estimate of drug-likeness (QED) is 0.342. The third-order valence-electron chi connectivity index (χ3n) is 0.525. The Morgan fingerprint density at radius 1 is 1.62 bits per heavy atom. The molecule has 3 N–H and O–H groups in total. The predicted octanol–water partition coefficient (Wildman–Crippen LogP) is 0.503. The van der Waals surface area contributed by atoms with Gasteiger partial charge in [0.15, 0.2) is 0 Å². The Morgan fingerprint density at radius 3 is 2.88 bits per heavy atom. The molecule has 0 aromatic rings. The van der Waals surface area contributed by atoms with Gasteiger partial charge in [-0.25, -0.2) is 0 Å². The Labute approximate surface area is 59.1 Å². The average Bonchev–Trinajstić information content (AvgIpc) is 1.81. The van der Waals surface area contributed by atoms with E-state index in [1.54, 1.807) is 23.7 Å². The van der Waals surface area contributed by atoms with Crippen molar-refractivity contribution in [2.24, 2.45) is 5.73 Å². The summed E-state index contributed by atoms with van der Waals surface area (Å²) in [5.41, 5.74) is 5.24. The molecule has 0 unspecified atom stereocenters. The molecule has 0 amide bonds. The number of hydrogen-bond donors (Lipinski definition) is 2. The van der Waals surface area contributed by atoms with Crippen LogP contribution in [-0.4, -0.2) is 24.4 Å². The number of nitrogens with one attached hydrogen (secondary N) is 1. The zero-order valence-electron chi connectivity index (χ0n) is 5.02. The maximum Gasteiger partial charge on any atom is 0.0513 e. The summed E-state index contributed by atoms with van der Waals surface area (Å²) in [6, 6.07) is 0. The van der Waals surface area contributed by atoms with Crippen molar-refractivity contribution in [3.05, 3.63) is 0 Å². The topological polar surface area (TPSA) is 38.0 Å². The van der Waals surface area contributed by atoms with Gasteiger partial charge in [-0.05, 0) is 6.26 Å². The monoisotopic (exact) mass is 152 g/mol. The van der Waals surface area contributed by atoms with E-state index in [0.29, 0.717) is 0 Å². The van der Waals surface area contributed by atoms with Crippen molar-refractivity contribution in [3.63, 3.8) is 0 Å². The Bertz CT molecular complexity index is 37.0. The fourth-order valence-corrected chi connectivity index (χ4v) is 1.30. The van der Waals surface area contributed by atoms with Crippen LogP contribution >= 0.6 is 23.7 Å². The fraction of sp³-hybridized carbons (Fsp3) is 1.00. The maximum absolute atomic E-state index is 5.24. The van der Waals surface area contributed by atoms with Crippen LogP contribution < -0.4 is 10.5 Å². The third-order valence-corrected chi connectivity index (χ3v) is 1.93. The lowest BCUT2D eigenvalue weighted by Gasteiger charge is -1.97. The van der Waals surface area contributed by atoms with E-state index in [1.165, 1.54) is 0 Å². The minimum atomic E-state index is 0.756. The predicted molar refractivity (Wildman–Crippen MR) is 43.0 cm³/mol. The summed E-state index contributed by atoms with van der Waals surface area (Å²) < 4.78 is 3.14. The summed E-state index contributed by atoms with van der Waals surface area (Å²) in [5, 5.41) is 0. The van der Waals surface area contributed by atoms with E-state index in [2.05, 4.69) is 11.0 Å². The normalized spacial score (nSPS) is 9.75. The second-order valence-electron chi connectivity index (χ2n) is 1.21. The largest absolute Gasteiger partial charge is 0.330 e. The second kappa shape index (κ2) is 7.62. The summed E-state index contributed by atoms with van der Waals surface area (Å²) in [6.07, 6.45) is 2.07. The van der Waals surface area contributed by atoms with Crippen molar-refractivity contribution < 1.29 is 0 Å². The van der Waals surface area contributed by atoms with Crippen LogP contribution in [0.4, 0.5) is 0 Å². The SMILES string of the molecule is CSCNSCCN. The summed E-state index contributed by atoms with van der Waals surface area (Å²) in [4.78, 5) is 0. The smallest absolute Gasteiger partial charge is 0.0513 e. The summed E-state index contributed by atoms with van der Waals surface area (Å²) in [7, 11) is 0. The second-order valence-corrected chi connectivity index (χ2v) is 3.07. The zero-order chi connectivity index (χ0) is 6.24. The lowest BCUT2D eigenvalue weighted by Crippen LogP contribution is -2.08. The van der Waals surface area contributed by atoms with Crippen LogP contribution in [0.25, 0.3) is 0 Å². The molecule has 0 aliphatic rings. The number of rotatable bonds is 5. The molecule has 0 aliphatic carbocycles. The van der Waals surface area contributed by atoms with Crippen LogP contribution in [0.5, 0.6) is 0 Å². The van der Waals surface area contributed by atoms with Gasteiger partial charge in [-0.1, -0.05) is 11.9 Å². The van der Waals surface area contributed by atoms with Gasteiger partial charge in [-0.15, -0.1) is 11.8 Å². The van der Waals surface area contributed by atoms with Gasteiger partial charge >= 0.3 is 0 Å². The average molecular weight is 152 g/mol. The molecule has 0 bridgehead atoms. The fourth-order valence-electron chi connectivity index (χ4n) is 0.232. The van der Waals surface area contributed by atoms with Crippen molar-refractivity contribution in [1.82, 2.24) is 4.72 Å². The lowest BCUT2D eigenvalue weighted by molar-refractivity contribution is 1.13. The van der Waals surface area contributed by atoms with Crippen molar-refractivity contribution in [2.45, 2.75) is 0 Å². The Hall–Kier alpha value is 0.620. The molecule has 0 heterocycles. The summed E-state index contributed by atoms with van der Waals surface area (Å²) in [5.74, 6) is 2.01. The molecule has 0 aromatic carbocycles. The number of thioether (sulfide) groups is 1. The van der Waals surface area contributed by atoms with Crippen LogP contribution in [0, 0.1) is 0 Å². The van der Waals surface area contributed by atoms with E-state index in [1.807, 2.05) is 0 Å². The Kier molecular flexibility index (Phi) is 8.21. The highest BCUT2D eigenvalue weighted by Crippen LogP contribution is 1.94. The van der Waals surface area contributed by atoms with E-state index >= 15 is 0 Å². The van der Waals surface area contributed by atoms with Crippen LogP contribution in [0.2, 0.25) is 0 Å². The summed E-state index contributed by atoms with van der Waals surface area (Å²) >= 11 is 3.46. The third kappa shape index (κ3) is 6.62. The highest BCUT2D eigenvalue weighted by Gasteiger charge is 1.81. The molecule has 0 atom stereocenters. The molecule has 4 heteroatoms. The molecule has 0 fully saturated rings. The molecule has 0 radical (unpaired) electrons. The molecule has 8 heavy (non-hydrogen) atoms. The van der Waals surface area contributed by atoms with E-state index in [4.69, 9.17) is 5.73 Å². The zero-order valence-corrected chi connectivity index (χ0v) is 6.65. The van der Waals surface area contributed by atoms with Gasteiger partial charge in [0.2, 0.25) is 0 Å². The van der Waals surface area contributed by atoms with Gasteiger partial charge in [-0.2, -0.15) is 0 Å². The van der Waals surface area contributed by atoms with Gasteiger partial charge in [0.05, 0.1) is 5.88 Å². The molecule has 0 saturated carbocycles. The van der Waals surface area contributed by atoms with Gasteiger partial charge in [0.1, 0.15) is 0 Å². The van der Waals surface area contributed by atoms with E-state index in [-0.39, 0.29) is 0 Å². The first-order chi connectivity index (χ1) is 3.91. The van der Waals surface area contributed by atoms with Crippen molar-refractivity contribution in [2.75, 3.05) is 24.4 Å². The first-order valence-corrected chi connectivity index (χ1v) is 4.83. The van der Waals surface area contributed by atoms with Gasteiger partial charge in [-0.3, -0.25) is 4.72 Å². The van der Waals surface area contributed by atoms with E-state index < -0.39 is 0 Å². The lowest BCUT2D eigenvalue weighted by atomic mass is 10.8. The van der Waals surface area contributed by atoms with Gasteiger partial charge in [0.25, 0.3) is 0 Å². The molecule has 0 rings (SSSR count). The first kappa shape index (κ1) is 8.62. The van der Waals surface area contributed by atoms with Crippen LogP contribution in [0.3, 0.4) is 0 Å². The van der Waals surface area contributed by atoms with E-state index in [9.17, 15) is 0 Å². The van der Waals surface area contributed by atoms with Gasteiger partial charge in [0, 0.05) is 12.3 Å². The van der Waals surface area contributed by atoms with Crippen molar-refractivity contribution >= 4 is 23.7 Å². The Morgan fingerprint density at radius 2 is 2.38 bits per heavy atom. The molecule has 2 nitrogen and oxygen atoms in total. The molecule has 0 aliphatic heterocycles. The van der Waals surface area contributed by atoms with Crippen molar-refractivity contribution in [3.8, 4) is 0 Å². The number of nitrogens with two attached hydrogens (primary N) is 1. The van der Waals surface area contributed by atoms with Crippen LogP contribution in [-0.2, 0) is 0 Å². The molecule has 0 aromatic heterocycles. The van der Waals surface area contributed by atoms with Crippen LogP contribution in [0.1, 0.15) is 0 Å². The van der Waals surface area contributed by atoms with Gasteiger partial charge < -0.3 is 5.73 Å². The Balaban J connectivity index is 2.53. The van der Waals surface area contributed by atoms with Crippen molar-refractivity contribution in [1.29, 1.82) is 0 Å². The molecule has 0 saturated heterocycles. The molecule has 50 valence electrons. The minimum Gasteiger partial charge on any atom is -0.330 e. The molecule has 0 spiro atoms. The number of hydrogen-bond acceptors (Lipinski definition) is 4. The minimum absolute atomic E-state index is 0.756. The first-order valence-electron chi connectivity index (χ1n) is 2.45.